The Labute approximate surface area is 116 Å². The summed E-state index contributed by atoms with van der Waals surface area (Å²) in [5.74, 6) is 2.53. The summed E-state index contributed by atoms with van der Waals surface area (Å²) in [5.41, 5.74) is 1.10. The van der Waals surface area contributed by atoms with Crippen molar-refractivity contribution in [1.82, 2.24) is 0 Å². The molecule has 0 aromatic heterocycles. The van der Waals surface area contributed by atoms with E-state index in [1.165, 1.54) is 32.1 Å². The van der Waals surface area contributed by atoms with Gasteiger partial charge in [-0.2, -0.15) is 0 Å². The maximum Gasteiger partial charge on any atom is 0.0719 e. The molecule has 0 saturated heterocycles. The smallest absolute Gasteiger partial charge is 0.0719 e. The lowest BCUT2D eigenvalue weighted by Crippen LogP contribution is -2.50. The summed E-state index contributed by atoms with van der Waals surface area (Å²) in [6.07, 6.45) is 6.73. The van der Waals surface area contributed by atoms with Gasteiger partial charge >= 0.3 is 0 Å². The lowest BCUT2D eigenvalue weighted by atomic mass is 9.54. The van der Waals surface area contributed by atoms with Crippen molar-refractivity contribution in [2.75, 3.05) is 0 Å². The van der Waals surface area contributed by atoms with Crippen LogP contribution in [0.1, 0.15) is 59.8 Å². The minimum atomic E-state index is 0.0614. The molecule has 2 heteroatoms. The third kappa shape index (κ3) is 1.51. The first-order valence-corrected chi connectivity index (χ1v) is 7.85. The van der Waals surface area contributed by atoms with Crippen LogP contribution >= 0.6 is 12.2 Å². The molecule has 100 valence electrons. The second kappa shape index (κ2) is 3.67. The molecule has 0 amide bonds. The molecule has 3 saturated carbocycles. The first kappa shape index (κ1) is 12.8. The maximum atomic E-state index is 4.93. The van der Waals surface area contributed by atoms with Crippen molar-refractivity contribution >= 4 is 17.4 Å². The van der Waals surface area contributed by atoms with Crippen LogP contribution in [0, 0.1) is 28.6 Å². The van der Waals surface area contributed by atoms with Gasteiger partial charge in [0, 0.05) is 0 Å². The molecule has 3 aliphatic carbocycles. The van der Waals surface area contributed by atoms with Crippen LogP contribution in [0.25, 0.3) is 0 Å². The number of hydrogen-bond acceptors (Lipinski definition) is 2. The third-order valence-electron chi connectivity index (χ3n) is 6.68. The van der Waals surface area contributed by atoms with E-state index >= 15 is 0 Å². The highest BCUT2D eigenvalue weighted by Gasteiger charge is 2.70. The van der Waals surface area contributed by atoms with Gasteiger partial charge < -0.3 is 0 Å². The van der Waals surface area contributed by atoms with Crippen LogP contribution in [0.5, 0.6) is 0 Å². The van der Waals surface area contributed by atoms with Crippen molar-refractivity contribution < 1.29 is 0 Å². The van der Waals surface area contributed by atoms with Crippen LogP contribution in [-0.2, 0) is 0 Å². The Morgan fingerprint density at radius 2 is 1.83 bits per heavy atom. The van der Waals surface area contributed by atoms with Crippen molar-refractivity contribution in [2.24, 2.45) is 33.6 Å². The lowest BCUT2D eigenvalue weighted by Gasteiger charge is -2.53. The van der Waals surface area contributed by atoms with Crippen molar-refractivity contribution in [3.8, 4) is 0 Å². The Morgan fingerprint density at radius 3 is 2.50 bits per heavy atom. The highest BCUT2D eigenvalue weighted by Crippen LogP contribution is 2.74. The fourth-order valence-corrected chi connectivity index (χ4v) is 5.94. The number of rotatable bonds is 1. The number of fused-ring (bicyclic) bond motifs is 3. The Balaban J connectivity index is 2.03. The molecule has 0 aromatic rings. The van der Waals surface area contributed by atoms with Gasteiger partial charge in [0.2, 0.25) is 0 Å². The van der Waals surface area contributed by atoms with Crippen LogP contribution in [0.15, 0.2) is 4.99 Å². The first-order chi connectivity index (χ1) is 8.35. The average Bonchev–Trinajstić information content (AvgIpc) is 2.80. The quantitative estimate of drug-likeness (QED) is 0.492. The van der Waals surface area contributed by atoms with Crippen LogP contribution in [-0.4, -0.2) is 10.7 Å². The second-order valence-corrected chi connectivity index (χ2v) is 8.22. The van der Waals surface area contributed by atoms with E-state index in [2.05, 4.69) is 37.8 Å². The Morgan fingerprint density at radius 1 is 1.11 bits per heavy atom. The zero-order valence-electron chi connectivity index (χ0n) is 12.1. The number of thiocarbonyl (C=S) groups is 1. The van der Waals surface area contributed by atoms with E-state index in [9.17, 15) is 0 Å². The van der Waals surface area contributed by atoms with E-state index in [0.717, 1.165) is 17.8 Å². The van der Waals surface area contributed by atoms with Gasteiger partial charge in [-0.15, -0.1) is 0 Å². The van der Waals surface area contributed by atoms with Crippen molar-refractivity contribution in [2.45, 2.75) is 65.3 Å². The number of hydrogen-bond donors (Lipinski definition) is 0. The SMILES string of the molecule is CC1(N=C=S)CCC[C@@]2(C)CC[C@@H]3[C@H](C12)C3(C)C. The van der Waals surface area contributed by atoms with E-state index in [1.807, 2.05) is 0 Å². The molecule has 0 aliphatic heterocycles. The van der Waals surface area contributed by atoms with Gasteiger partial charge in [-0.1, -0.05) is 27.2 Å². The monoisotopic (exact) mass is 263 g/mol. The largest absolute Gasteiger partial charge is 0.226 e. The predicted molar refractivity (Wildman–Crippen MR) is 78.9 cm³/mol. The summed E-state index contributed by atoms with van der Waals surface area (Å²) in [7, 11) is 0. The molecular formula is C16H25NS. The molecule has 3 fully saturated rings. The van der Waals surface area contributed by atoms with Crippen LogP contribution < -0.4 is 0 Å². The molecule has 0 heterocycles. The normalized spacial score (nSPS) is 52.8. The third-order valence-corrected chi connectivity index (χ3v) is 6.77. The van der Waals surface area contributed by atoms with Gasteiger partial charge in [-0.3, -0.25) is 0 Å². The van der Waals surface area contributed by atoms with Gasteiger partial charge in [0.15, 0.2) is 0 Å². The molecule has 0 N–H and O–H groups in total. The summed E-state index contributed by atoms with van der Waals surface area (Å²) < 4.78 is 0. The highest BCUT2D eigenvalue weighted by atomic mass is 32.1. The summed E-state index contributed by atoms with van der Waals surface area (Å²) in [6, 6.07) is 0. The van der Waals surface area contributed by atoms with Crippen LogP contribution in [0.3, 0.4) is 0 Å². The first-order valence-electron chi connectivity index (χ1n) is 7.44. The average molecular weight is 263 g/mol. The number of nitrogens with zero attached hydrogens (tertiary/aromatic N) is 1. The Hall–Kier alpha value is -0.200. The summed E-state index contributed by atoms with van der Waals surface area (Å²) in [5, 5.41) is 2.70. The summed E-state index contributed by atoms with van der Waals surface area (Å²) >= 11 is 4.93. The van der Waals surface area contributed by atoms with Gasteiger partial charge in [-0.05, 0) is 73.4 Å². The summed E-state index contributed by atoms with van der Waals surface area (Å²) in [4.78, 5) is 4.65. The van der Waals surface area contributed by atoms with E-state index in [4.69, 9.17) is 12.2 Å². The molecule has 1 nitrogen and oxygen atoms in total. The van der Waals surface area contributed by atoms with Gasteiger partial charge in [0.1, 0.15) is 0 Å². The molecule has 3 rings (SSSR count). The molecule has 18 heavy (non-hydrogen) atoms. The van der Waals surface area contributed by atoms with E-state index in [1.54, 1.807) is 0 Å². The summed E-state index contributed by atoms with van der Waals surface area (Å²) in [6.45, 7) is 9.78. The van der Waals surface area contributed by atoms with Crippen LogP contribution in [0.4, 0.5) is 0 Å². The number of isothiocyanates is 1. The molecule has 0 radical (unpaired) electrons. The Kier molecular flexibility index (Phi) is 2.61. The maximum absolute atomic E-state index is 4.93. The second-order valence-electron chi connectivity index (χ2n) is 8.04. The highest BCUT2D eigenvalue weighted by molar-refractivity contribution is 7.78. The zero-order chi connectivity index (χ0) is 13.2. The Bertz CT molecular complexity index is 423. The molecule has 0 bridgehead atoms. The van der Waals surface area contributed by atoms with Gasteiger partial charge in [0.05, 0.1) is 10.7 Å². The fraction of sp³-hybridized carbons (Fsp3) is 0.938. The fourth-order valence-electron chi connectivity index (χ4n) is 5.73. The predicted octanol–water partition coefficient (Wildman–Crippen LogP) is 4.72. The molecule has 0 spiro atoms. The lowest BCUT2D eigenvalue weighted by molar-refractivity contribution is -0.00530. The zero-order valence-corrected chi connectivity index (χ0v) is 12.9. The van der Waals surface area contributed by atoms with Gasteiger partial charge in [-0.25, -0.2) is 4.99 Å². The molecule has 5 atom stereocenters. The number of aliphatic imine (C=N–C) groups is 1. The van der Waals surface area contributed by atoms with E-state index < -0.39 is 0 Å². The minimum Gasteiger partial charge on any atom is -0.226 e. The van der Waals surface area contributed by atoms with Crippen molar-refractivity contribution in [3.63, 3.8) is 0 Å². The minimum absolute atomic E-state index is 0.0614. The molecule has 0 aromatic carbocycles. The molecule has 3 aliphatic rings. The standard InChI is InChI=1S/C16H25NS/c1-14(2)11-6-9-15(3)7-5-8-16(4,17-10-18)13(15)12(11)14/h11-13H,5-9H2,1-4H3/t11-,12-,13?,15+,16?/m1/s1. The molecular weight excluding hydrogens is 238 g/mol. The van der Waals surface area contributed by atoms with E-state index in [0.29, 0.717) is 10.8 Å². The van der Waals surface area contributed by atoms with Crippen molar-refractivity contribution in [1.29, 1.82) is 0 Å². The van der Waals surface area contributed by atoms with Crippen molar-refractivity contribution in [3.05, 3.63) is 0 Å². The topological polar surface area (TPSA) is 12.4 Å². The van der Waals surface area contributed by atoms with Gasteiger partial charge in [0.25, 0.3) is 0 Å². The van der Waals surface area contributed by atoms with Crippen LogP contribution in [0.2, 0.25) is 0 Å². The van der Waals surface area contributed by atoms with E-state index in [-0.39, 0.29) is 5.54 Å². The molecule has 2 unspecified atom stereocenters.